The number of nitrogens with one attached hydrogen (secondary N) is 1. The van der Waals surface area contributed by atoms with E-state index in [1.54, 1.807) is 6.26 Å². The zero-order valence-electron chi connectivity index (χ0n) is 14.8. The van der Waals surface area contributed by atoms with Crippen LogP contribution in [0.15, 0.2) is 22.8 Å². The fourth-order valence-corrected chi connectivity index (χ4v) is 4.16. The van der Waals surface area contributed by atoms with E-state index in [-0.39, 0.29) is 12.6 Å². The molecule has 2 aliphatic rings. The molecule has 2 saturated heterocycles. The second kappa shape index (κ2) is 8.59. The molecule has 0 aromatic carbocycles. The van der Waals surface area contributed by atoms with E-state index in [9.17, 15) is 14.4 Å². The van der Waals surface area contributed by atoms with Gasteiger partial charge in [0.2, 0.25) is 0 Å². The van der Waals surface area contributed by atoms with Gasteiger partial charge in [0.15, 0.2) is 0 Å². The molecule has 26 heavy (non-hydrogen) atoms. The van der Waals surface area contributed by atoms with E-state index < -0.39 is 17.8 Å². The van der Waals surface area contributed by atoms with Crippen LogP contribution in [0.25, 0.3) is 0 Å². The molecule has 2 fully saturated rings. The molecule has 0 spiro atoms. The molecule has 3 heterocycles. The van der Waals surface area contributed by atoms with Crippen molar-refractivity contribution in [3.05, 3.63) is 24.2 Å². The second-order valence-corrected chi connectivity index (χ2v) is 7.43. The van der Waals surface area contributed by atoms with Crippen molar-refractivity contribution in [1.29, 1.82) is 0 Å². The molecule has 1 N–H and O–H groups in total. The van der Waals surface area contributed by atoms with Gasteiger partial charge in [-0.2, -0.15) is 11.8 Å². The van der Waals surface area contributed by atoms with Crippen LogP contribution in [0, 0.1) is 0 Å². The number of carbonyl (C=O) groups excluding carboxylic acids is 3. The number of rotatable bonds is 5. The van der Waals surface area contributed by atoms with Gasteiger partial charge in [0.1, 0.15) is 5.76 Å². The molecule has 1 aromatic heterocycles. The number of thioether (sulfide) groups is 1. The first kappa shape index (κ1) is 18.8. The number of furan rings is 1. The van der Waals surface area contributed by atoms with Crippen molar-refractivity contribution in [3.63, 3.8) is 0 Å². The summed E-state index contributed by atoms with van der Waals surface area (Å²) >= 11 is 1.91. The Balaban J connectivity index is 1.62. The van der Waals surface area contributed by atoms with Crippen molar-refractivity contribution in [2.75, 3.05) is 50.8 Å². The molecular weight excluding hydrogens is 356 g/mol. The SMILES string of the molecule is CCN1CCN(C(=O)NCC(c2ccco2)N2CCSCC2)C(=O)C1=O. The standard InChI is InChI=1S/C17H24N4O4S/c1-2-19-5-6-21(16(23)15(19)22)17(24)18-12-13(14-4-3-9-25-14)20-7-10-26-11-8-20/h3-4,9,13H,2,5-8,10-12H2,1H3,(H,18,24). The maximum absolute atomic E-state index is 12.5. The fourth-order valence-electron chi connectivity index (χ4n) is 3.23. The first-order valence-corrected chi connectivity index (χ1v) is 10.0. The van der Waals surface area contributed by atoms with Gasteiger partial charge in [-0.25, -0.2) is 4.79 Å². The topological polar surface area (TPSA) is 86.1 Å². The van der Waals surface area contributed by atoms with Gasteiger partial charge in [-0.05, 0) is 19.1 Å². The third kappa shape index (κ3) is 4.04. The van der Waals surface area contributed by atoms with Crippen LogP contribution in [0.2, 0.25) is 0 Å². The summed E-state index contributed by atoms with van der Waals surface area (Å²) < 4.78 is 5.55. The lowest BCUT2D eigenvalue weighted by Gasteiger charge is -2.35. The summed E-state index contributed by atoms with van der Waals surface area (Å²) in [6.07, 6.45) is 1.62. The predicted octanol–water partition coefficient (Wildman–Crippen LogP) is 0.770. The minimum Gasteiger partial charge on any atom is -0.468 e. The zero-order valence-corrected chi connectivity index (χ0v) is 15.7. The van der Waals surface area contributed by atoms with Gasteiger partial charge in [0.05, 0.1) is 12.3 Å². The number of hydrogen-bond acceptors (Lipinski definition) is 6. The van der Waals surface area contributed by atoms with Gasteiger partial charge >= 0.3 is 17.8 Å². The van der Waals surface area contributed by atoms with Crippen molar-refractivity contribution in [2.24, 2.45) is 0 Å². The van der Waals surface area contributed by atoms with Gasteiger partial charge in [0.25, 0.3) is 0 Å². The summed E-state index contributed by atoms with van der Waals surface area (Å²) in [6, 6.07) is 3.11. The largest absolute Gasteiger partial charge is 0.468 e. The number of hydrogen-bond donors (Lipinski definition) is 1. The molecule has 4 amide bonds. The summed E-state index contributed by atoms with van der Waals surface area (Å²) in [5, 5.41) is 2.81. The van der Waals surface area contributed by atoms with Crippen LogP contribution in [-0.2, 0) is 9.59 Å². The number of amides is 4. The average Bonchev–Trinajstić information content (AvgIpc) is 3.19. The minimum atomic E-state index is -0.764. The minimum absolute atomic E-state index is 0.0856. The summed E-state index contributed by atoms with van der Waals surface area (Å²) in [5.74, 6) is 1.48. The summed E-state index contributed by atoms with van der Waals surface area (Å²) in [4.78, 5) is 41.3. The molecule has 0 saturated carbocycles. The number of piperazine rings is 1. The lowest BCUT2D eigenvalue weighted by Crippen LogP contribution is -2.58. The van der Waals surface area contributed by atoms with E-state index in [1.165, 1.54) is 4.90 Å². The molecule has 0 radical (unpaired) electrons. The Kier molecular flexibility index (Phi) is 6.20. The van der Waals surface area contributed by atoms with Crippen molar-refractivity contribution in [2.45, 2.75) is 13.0 Å². The Bertz CT molecular complexity index is 645. The molecule has 2 aliphatic heterocycles. The van der Waals surface area contributed by atoms with Crippen molar-refractivity contribution in [3.8, 4) is 0 Å². The van der Waals surface area contributed by atoms with Crippen LogP contribution >= 0.6 is 11.8 Å². The van der Waals surface area contributed by atoms with Crippen LogP contribution in [0.4, 0.5) is 4.79 Å². The van der Waals surface area contributed by atoms with Gasteiger partial charge in [0, 0.05) is 50.8 Å². The van der Waals surface area contributed by atoms with Gasteiger partial charge in [-0.15, -0.1) is 0 Å². The highest BCUT2D eigenvalue weighted by Crippen LogP contribution is 2.24. The predicted molar refractivity (Wildman–Crippen MR) is 97.7 cm³/mol. The summed E-state index contributed by atoms with van der Waals surface area (Å²) in [5.41, 5.74) is 0. The summed E-state index contributed by atoms with van der Waals surface area (Å²) in [7, 11) is 0. The molecule has 0 aliphatic carbocycles. The first-order valence-electron chi connectivity index (χ1n) is 8.85. The molecule has 8 nitrogen and oxygen atoms in total. The Morgan fingerprint density at radius 1 is 1.23 bits per heavy atom. The maximum atomic E-state index is 12.5. The zero-order chi connectivity index (χ0) is 18.5. The lowest BCUT2D eigenvalue weighted by molar-refractivity contribution is -0.153. The molecule has 9 heteroatoms. The monoisotopic (exact) mass is 380 g/mol. The molecule has 0 bridgehead atoms. The highest BCUT2D eigenvalue weighted by atomic mass is 32.2. The number of imide groups is 1. The molecule has 1 atom stereocenters. The van der Waals surface area contributed by atoms with E-state index in [4.69, 9.17) is 4.42 Å². The smallest absolute Gasteiger partial charge is 0.324 e. The van der Waals surface area contributed by atoms with E-state index in [2.05, 4.69) is 10.2 Å². The number of likely N-dealkylation sites (N-methyl/N-ethyl adjacent to an activating group) is 1. The highest BCUT2D eigenvalue weighted by molar-refractivity contribution is 7.99. The average molecular weight is 380 g/mol. The lowest BCUT2D eigenvalue weighted by atomic mass is 10.2. The van der Waals surface area contributed by atoms with Crippen LogP contribution in [0.5, 0.6) is 0 Å². The third-order valence-electron chi connectivity index (χ3n) is 4.74. The van der Waals surface area contributed by atoms with Crippen molar-refractivity contribution < 1.29 is 18.8 Å². The number of carbonyl (C=O) groups is 3. The quantitative estimate of drug-likeness (QED) is 0.760. The number of urea groups is 1. The Labute approximate surface area is 156 Å². The molecular formula is C17H24N4O4S. The van der Waals surface area contributed by atoms with Crippen LogP contribution in [0.3, 0.4) is 0 Å². The fraction of sp³-hybridized carbons (Fsp3) is 0.588. The molecule has 1 aromatic rings. The van der Waals surface area contributed by atoms with E-state index in [1.807, 2.05) is 30.8 Å². The summed E-state index contributed by atoms with van der Waals surface area (Å²) in [6.45, 7) is 5.03. The van der Waals surface area contributed by atoms with E-state index >= 15 is 0 Å². The molecule has 142 valence electrons. The van der Waals surface area contributed by atoms with E-state index in [0.717, 1.165) is 35.3 Å². The Morgan fingerprint density at radius 3 is 2.65 bits per heavy atom. The van der Waals surface area contributed by atoms with Crippen molar-refractivity contribution >= 4 is 29.6 Å². The Morgan fingerprint density at radius 2 is 2.00 bits per heavy atom. The van der Waals surface area contributed by atoms with Gasteiger partial charge in [-0.1, -0.05) is 0 Å². The van der Waals surface area contributed by atoms with Crippen LogP contribution in [-0.4, -0.2) is 83.3 Å². The van der Waals surface area contributed by atoms with E-state index in [0.29, 0.717) is 19.6 Å². The van der Waals surface area contributed by atoms with Crippen LogP contribution < -0.4 is 5.32 Å². The number of nitrogens with zero attached hydrogens (tertiary/aromatic N) is 3. The second-order valence-electron chi connectivity index (χ2n) is 6.21. The Hall–Kier alpha value is -2.00. The third-order valence-corrected chi connectivity index (χ3v) is 5.68. The maximum Gasteiger partial charge on any atom is 0.324 e. The van der Waals surface area contributed by atoms with Crippen LogP contribution in [0.1, 0.15) is 18.7 Å². The van der Waals surface area contributed by atoms with Crippen molar-refractivity contribution in [1.82, 2.24) is 20.0 Å². The van der Waals surface area contributed by atoms with Gasteiger partial charge < -0.3 is 14.6 Å². The highest BCUT2D eigenvalue weighted by Gasteiger charge is 2.36. The first-order chi connectivity index (χ1) is 12.6. The molecule has 1 unspecified atom stereocenters. The normalized spacial score (nSPS) is 20.3. The van der Waals surface area contributed by atoms with Gasteiger partial charge in [-0.3, -0.25) is 19.4 Å². The molecule has 3 rings (SSSR count).